The summed E-state index contributed by atoms with van der Waals surface area (Å²) < 4.78 is 0. The number of hydrogen-bond acceptors (Lipinski definition) is 4. The predicted molar refractivity (Wildman–Crippen MR) is 134 cm³/mol. The first kappa shape index (κ1) is 23.6. The maximum atomic E-state index is 12.7. The molecule has 2 aliphatic carbocycles. The van der Waals surface area contributed by atoms with Gasteiger partial charge >= 0.3 is 0 Å². The second kappa shape index (κ2) is 10.5. The molecule has 168 valence electrons. The Morgan fingerprint density at radius 3 is 2.29 bits per heavy atom. The van der Waals surface area contributed by atoms with E-state index in [1.165, 1.54) is 10.6 Å². The molecular formula is C23H32IN5O2. The zero-order valence-electron chi connectivity index (χ0n) is 18.2. The van der Waals surface area contributed by atoms with E-state index >= 15 is 0 Å². The topological polar surface area (TPSA) is 77.0 Å². The van der Waals surface area contributed by atoms with Crippen molar-refractivity contribution in [3.05, 3.63) is 42.5 Å². The van der Waals surface area contributed by atoms with Crippen LogP contribution in [0, 0.1) is 23.7 Å². The van der Waals surface area contributed by atoms with Crippen molar-refractivity contribution in [1.82, 2.24) is 15.5 Å². The number of nitrogens with one attached hydrogen (secondary N) is 2. The second-order valence-corrected chi connectivity index (χ2v) is 8.36. The highest BCUT2D eigenvalue weighted by Gasteiger charge is 2.58. The highest BCUT2D eigenvalue weighted by molar-refractivity contribution is 14.0. The summed E-state index contributed by atoms with van der Waals surface area (Å²) in [4.78, 5) is 33.3. The number of aliphatic imine (C=N–C) groups is 1. The molecule has 2 amide bonds. The van der Waals surface area contributed by atoms with Gasteiger partial charge in [0.05, 0.1) is 11.8 Å². The maximum Gasteiger partial charge on any atom is 0.233 e. The Morgan fingerprint density at radius 1 is 1.06 bits per heavy atom. The van der Waals surface area contributed by atoms with Crippen molar-refractivity contribution in [3.63, 3.8) is 0 Å². The number of likely N-dealkylation sites (tertiary alicyclic amines) is 1. The lowest BCUT2D eigenvalue weighted by Crippen LogP contribution is -2.42. The number of hydrogen-bond donors (Lipinski definition) is 2. The quantitative estimate of drug-likeness (QED) is 0.133. The first-order valence-corrected chi connectivity index (χ1v) is 10.8. The van der Waals surface area contributed by atoms with Gasteiger partial charge in [-0.2, -0.15) is 0 Å². The summed E-state index contributed by atoms with van der Waals surface area (Å²) in [5.74, 6) is 1.15. The molecule has 0 aromatic heterocycles. The van der Waals surface area contributed by atoms with Crippen LogP contribution < -0.4 is 15.5 Å². The van der Waals surface area contributed by atoms with Crippen LogP contribution in [0.25, 0.3) is 0 Å². The molecule has 3 aliphatic rings. The number of guanidine groups is 1. The Balaban J connectivity index is 0.00000272. The Morgan fingerprint density at radius 2 is 1.68 bits per heavy atom. The molecule has 0 spiro atoms. The lowest BCUT2D eigenvalue weighted by Gasteiger charge is -2.21. The van der Waals surface area contributed by atoms with Gasteiger partial charge in [0.25, 0.3) is 0 Å². The molecule has 4 unspecified atom stereocenters. The third kappa shape index (κ3) is 4.88. The molecule has 1 heterocycles. The summed E-state index contributed by atoms with van der Waals surface area (Å²) in [7, 11) is 3.81. The van der Waals surface area contributed by atoms with E-state index in [2.05, 4.69) is 51.9 Å². The molecule has 2 fully saturated rings. The monoisotopic (exact) mass is 537 g/mol. The molecule has 31 heavy (non-hydrogen) atoms. The number of rotatable bonds is 8. The van der Waals surface area contributed by atoms with E-state index in [1.54, 1.807) is 7.05 Å². The van der Waals surface area contributed by atoms with Crippen LogP contribution >= 0.6 is 24.0 Å². The minimum Gasteiger partial charge on any atom is -0.373 e. The molecular weight excluding hydrogens is 505 g/mol. The summed E-state index contributed by atoms with van der Waals surface area (Å²) in [5, 5.41) is 6.59. The molecule has 1 saturated carbocycles. The van der Waals surface area contributed by atoms with Crippen molar-refractivity contribution >= 4 is 47.4 Å². The number of halogens is 1. The number of fused-ring (bicyclic) bond motifs is 5. The smallest absolute Gasteiger partial charge is 0.233 e. The van der Waals surface area contributed by atoms with Crippen molar-refractivity contribution in [3.8, 4) is 0 Å². The number of anilines is 1. The Hall–Kier alpha value is -2.10. The SMILES string of the molecule is CN=C(NCCCN1C(=O)C2C3C=CC(C3)C2C1=O)NCCN(C)c1ccccc1.I. The zero-order valence-corrected chi connectivity index (χ0v) is 20.5. The number of para-hydroxylation sites is 1. The average molecular weight is 537 g/mol. The van der Waals surface area contributed by atoms with E-state index in [0.29, 0.717) is 19.5 Å². The zero-order chi connectivity index (χ0) is 21.1. The first-order valence-electron chi connectivity index (χ1n) is 10.8. The molecule has 4 rings (SSSR count). The Kier molecular flexibility index (Phi) is 7.96. The molecule has 4 atom stereocenters. The molecule has 1 saturated heterocycles. The number of amides is 2. The van der Waals surface area contributed by atoms with Gasteiger partial charge in [-0.3, -0.25) is 19.5 Å². The summed E-state index contributed by atoms with van der Waals surface area (Å²) in [6.07, 6.45) is 5.95. The number of nitrogens with zero attached hydrogens (tertiary/aromatic N) is 3. The van der Waals surface area contributed by atoms with E-state index in [0.717, 1.165) is 25.5 Å². The summed E-state index contributed by atoms with van der Waals surface area (Å²) >= 11 is 0. The molecule has 7 nitrogen and oxygen atoms in total. The maximum absolute atomic E-state index is 12.7. The average Bonchev–Trinajstić information content (AvgIpc) is 3.45. The van der Waals surface area contributed by atoms with E-state index in [-0.39, 0.29) is 59.5 Å². The Bertz CT molecular complexity index is 814. The van der Waals surface area contributed by atoms with Crippen molar-refractivity contribution < 1.29 is 9.59 Å². The van der Waals surface area contributed by atoms with Crippen molar-refractivity contribution in [2.75, 3.05) is 45.2 Å². The molecule has 1 aromatic carbocycles. The van der Waals surface area contributed by atoms with Crippen LogP contribution in [0.3, 0.4) is 0 Å². The number of carbonyl (C=O) groups excluding carboxylic acids is 2. The molecule has 2 N–H and O–H groups in total. The minimum absolute atomic E-state index is 0. The molecule has 8 heteroatoms. The normalized spacial score (nSPS) is 26.1. The predicted octanol–water partition coefficient (Wildman–Crippen LogP) is 2.10. The first-order chi connectivity index (χ1) is 14.6. The standard InChI is InChI=1S/C23H31N5O2.HI/c1-24-23(26-12-14-27(2)18-7-4-3-5-8-18)25-11-6-13-28-21(29)19-16-9-10-17(15-16)20(19)22(28)30;/h3-5,7-10,16-17,19-20H,6,11-15H2,1-2H3,(H2,24,25,26);1H. The van der Waals surface area contributed by atoms with Gasteiger partial charge in [-0.1, -0.05) is 30.4 Å². The summed E-state index contributed by atoms with van der Waals surface area (Å²) in [5.41, 5.74) is 1.18. The fourth-order valence-corrected chi connectivity index (χ4v) is 5.00. The van der Waals surface area contributed by atoms with Crippen molar-refractivity contribution in [2.24, 2.45) is 28.7 Å². The summed E-state index contributed by atoms with van der Waals surface area (Å²) in [6, 6.07) is 10.2. The van der Waals surface area contributed by atoms with Crippen molar-refractivity contribution in [2.45, 2.75) is 12.8 Å². The van der Waals surface area contributed by atoms with E-state index < -0.39 is 0 Å². The highest BCUT2D eigenvalue weighted by atomic mass is 127. The molecule has 2 bridgehead atoms. The summed E-state index contributed by atoms with van der Waals surface area (Å²) in [6.45, 7) is 2.74. The van der Waals surface area contributed by atoms with Gasteiger partial charge in [0.15, 0.2) is 5.96 Å². The van der Waals surface area contributed by atoms with Crippen LogP contribution in [0.2, 0.25) is 0 Å². The van der Waals surface area contributed by atoms with Gasteiger partial charge in [0, 0.05) is 46.0 Å². The molecule has 1 aliphatic heterocycles. The highest BCUT2D eigenvalue weighted by Crippen LogP contribution is 2.52. The third-order valence-electron chi connectivity index (χ3n) is 6.57. The number of imide groups is 1. The van der Waals surface area contributed by atoms with Crippen molar-refractivity contribution in [1.29, 1.82) is 0 Å². The van der Waals surface area contributed by atoms with Crippen LogP contribution in [-0.2, 0) is 9.59 Å². The van der Waals surface area contributed by atoms with Crippen LogP contribution in [0.4, 0.5) is 5.69 Å². The van der Waals surface area contributed by atoms with Crippen LogP contribution in [0.5, 0.6) is 0 Å². The van der Waals surface area contributed by atoms with Gasteiger partial charge < -0.3 is 15.5 Å². The fourth-order valence-electron chi connectivity index (χ4n) is 5.00. The van der Waals surface area contributed by atoms with Gasteiger partial charge in [-0.25, -0.2) is 0 Å². The van der Waals surface area contributed by atoms with E-state index in [4.69, 9.17) is 0 Å². The number of carbonyl (C=O) groups is 2. The van der Waals surface area contributed by atoms with Crippen LogP contribution in [0.1, 0.15) is 12.8 Å². The number of likely N-dealkylation sites (N-methyl/N-ethyl adjacent to an activating group) is 1. The van der Waals surface area contributed by atoms with E-state index in [1.807, 2.05) is 18.2 Å². The van der Waals surface area contributed by atoms with Crippen LogP contribution in [0.15, 0.2) is 47.5 Å². The molecule has 1 aromatic rings. The minimum atomic E-state index is -0.100. The fraction of sp³-hybridized carbons (Fsp3) is 0.522. The van der Waals surface area contributed by atoms with Gasteiger partial charge in [-0.15, -0.1) is 24.0 Å². The van der Waals surface area contributed by atoms with Crippen LogP contribution in [-0.4, -0.2) is 62.9 Å². The number of benzene rings is 1. The third-order valence-corrected chi connectivity index (χ3v) is 6.57. The lowest BCUT2D eigenvalue weighted by molar-refractivity contribution is -0.140. The Labute approximate surface area is 201 Å². The van der Waals surface area contributed by atoms with Gasteiger partial charge in [0.1, 0.15) is 0 Å². The van der Waals surface area contributed by atoms with Gasteiger partial charge in [0.2, 0.25) is 11.8 Å². The number of allylic oxidation sites excluding steroid dienone is 2. The van der Waals surface area contributed by atoms with Gasteiger partial charge in [-0.05, 0) is 36.8 Å². The largest absolute Gasteiger partial charge is 0.373 e. The molecule has 0 radical (unpaired) electrons. The van der Waals surface area contributed by atoms with E-state index in [9.17, 15) is 9.59 Å². The second-order valence-electron chi connectivity index (χ2n) is 8.36. The lowest BCUT2D eigenvalue weighted by atomic mass is 9.85.